The molecule has 0 unspecified atom stereocenters. The molecule has 0 aliphatic carbocycles. The van der Waals surface area contributed by atoms with Crippen LogP contribution in [0.25, 0.3) is 0 Å². The van der Waals surface area contributed by atoms with Crippen LogP contribution in [0.2, 0.25) is 0 Å². The molecule has 0 amide bonds. The normalized spacial score (nSPS) is 9.73. The van der Waals surface area contributed by atoms with E-state index in [1.165, 1.54) is 0 Å². The zero-order valence-corrected chi connectivity index (χ0v) is 17.1. The summed E-state index contributed by atoms with van der Waals surface area (Å²) in [7, 11) is 0. The van der Waals surface area contributed by atoms with E-state index >= 15 is 0 Å². The van der Waals surface area contributed by atoms with Gasteiger partial charge in [0.2, 0.25) is 0 Å². The Morgan fingerprint density at radius 2 is 0.773 bits per heavy atom. The molecule has 0 aromatic rings. The van der Waals surface area contributed by atoms with Crippen molar-refractivity contribution in [1.29, 1.82) is 0 Å². The molecule has 4 N–H and O–H groups in total. The third kappa shape index (κ3) is 16.1. The third-order valence-corrected chi connectivity index (χ3v) is 2.17. The molecule has 0 aromatic carbocycles. The summed E-state index contributed by atoms with van der Waals surface area (Å²) in [6, 6.07) is 0. The van der Waals surface area contributed by atoms with Crippen molar-refractivity contribution < 1.29 is 59.1 Å². The first-order valence-electron chi connectivity index (χ1n) is 5.52. The van der Waals surface area contributed by atoms with Crippen LogP contribution in [-0.2, 0) is 38.7 Å². The van der Waals surface area contributed by atoms with Gasteiger partial charge < -0.3 is 20.4 Å². The fraction of sp³-hybridized carbons (Fsp3) is 0.600. The average molecular weight is 398 g/mol. The van der Waals surface area contributed by atoms with E-state index in [4.69, 9.17) is 20.4 Å². The Labute approximate surface area is 168 Å². The Morgan fingerprint density at radius 1 is 0.591 bits per heavy atom. The molecule has 114 valence electrons. The van der Waals surface area contributed by atoms with E-state index in [1.54, 1.807) is 0 Å². The summed E-state index contributed by atoms with van der Waals surface area (Å²) >= 11 is 0. The van der Waals surface area contributed by atoms with Crippen LogP contribution in [0.3, 0.4) is 0 Å². The van der Waals surface area contributed by atoms with E-state index in [0.717, 1.165) is 9.80 Å². The number of aliphatic carboxylic acids is 4. The van der Waals surface area contributed by atoms with Gasteiger partial charge in [0.25, 0.3) is 0 Å². The van der Waals surface area contributed by atoms with Crippen molar-refractivity contribution in [1.82, 2.24) is 9.80 Å². The number of carboxylic acids is 4. The van der Waals surface area contributed by atoms with Gasteiger partial charge in [-0.3, -0.25) is 29.0 Å². The molecule has 0 saturated heterocycles. The first-order valence-corrected chi connectivity index (χ1v) is 5.52. The molecule has 0 spiro atoms. The SMILES string of the molecule is O=C(O)CN(CCN(CC(=O)O)CC(=O)O)CC(=O)O.[Ca+2].[Zn+2]. The molecule has 0 radical (unpaired) electrons. The minimum absolute atomic E-state index is 0. The van der Waals surface area contributed by atoms with Crippen LogP contribution in [-0.4, -0.2) is 131 Å². The predicted molar refractivity (Wildman–Crippen MR) is 69.2 cm³/mol. The monoisotopic (exact) mass is 396 g/mol. The maximum Gasteiger partial charge on any atom is 2.00 e. The summed E-state index contributed by atoms with van der Waals surface area (Å²) in [5.74, 6) is -4.91. The molecule has 0 aromatic heterocycles. The Balaban J connectivity index is -0.00000180. The topological polar surface area (TPSA) is 156 Å². The van der Waals surface area contributed by atoms with Crippen LogP contribution in [0, 0.1) is 0 Å². The summed E-state index contributed by atoms with van der Waals surface area (Å²) in [6.07, 6.45) is 0. The molecular formula is C10H16CaN2O8Zn+4. The zero-order valence-electron chi connectivity index (χ0n) is 12.0. The zero-order chi connectivity index (χ0) is 15.7. The summed E-state index contributed by atoms with van der Waals surface area (Å²) in [5, 5.41) is 34.5. The number of hydrogen-bond donors (Lipinski definition) is 4. The summed E-state index contributed by atoms with van der Waals surface area (Å²) in [4.78, 5) is 44.4. The molecule has 0 aliphatic heterocycles. The summed E-state index contributed by atoms with van der Waals surface area (Å²) < 4.78 is 0. The van der Waals surface area contributed by atoms with Gasteiger partial charge in [-0.1, -0.05) is 0 Å². The molecule has 0 saturated carbocycles. The first-order chi connectivity index (χ1) is 9.20. The minimum atomic E-state index is -1.23. The van der Waals surface area contributed by atoms with Gasteiger partial charge in [0.15, 0.2) is 0 Å². The molecule has 0 aliphatic rings. The van der Waals surface area contributed by atoms with E-state index in [0.29, 0.717) is 0 Å². The first kappa shape index (κ1) is 26.6. The van der Waals surface area contributed by atoms with Crippen molar-refractivity contribution in [2.75, 3.05) is 39.3 Å². The molecule has 22 heavy (non-hydrogen) atoms. The standard InChI is InChI=1S/C10H16N2O8.Ca.Zn/c13-7(14)3-11(4-8(15)16)1-2-12(5-9(17)18)6-10(19)20;;/h1-6H2,(H,13,14)(H,15,16)(H,17,18)(H,19,20);;/q;2*+2. The number of hydrogen-bond acceptors (Lipinski definition) is 6. The number of rotatable bonds is 11. The Morgan fingerprint density at radius 3 is 0.909 bits per heavy atom. The van der Waals surface area contributed by atoms with Crippen LogP contribution in [0.4, 0.5) is 0 Å². The van der Waals surface area contributed by atoms with Crippen molar-refractivity contribution >= 4 is 61.6 Å². The van der Waals surface area contributed by atoms with Gasteiger partial charge in [0.05, 0.1) is 26.2 Å². The number of nitrogens with zero attached hydrogens (tertiary/aromatic N) is 2. The molecular weight excluding hydrogens is 382 g/mol. The number of carboxylic acid groups (broad SMARTS) is 4. The maximum atomic E-state index is 10.6. The molecule has 0 bridgehead atoms. The Bertz CT molecular complexity index is 327. The molecule has 0 heterocycles. The second-order valence-corrected chi connectivity index (χ2v) is 4.00. The van der Waals surface area contributed by atoms with Gasteiger partial charge >= 0.3 is 81.1 Å². The van der Waals surface area contributed by atoms with Gasteiger partial charge in [-0.15, -0.1) is 0 Å². The van der Waals surface area contributed by atoms with Crippen molar-refractivity contribution in [3.8, 4) is 0 Å². The third-order valence-electron chi connectivity index (χ3n) is 2.17. The quantitative estimate of drug-likeness (QED) is 0.276. The van der Waals surface area contributed by atoms with E-state index in [-0.39, 0.29) is 70.3 Å². The maximum absolute atomic E-state index is 10.6. The summed E-state index contributed by atoms with van der Waals surface area (Å²) in [6.45, 7) is -2.25. The van der Waals surface area contributed by atoms with E-state index in [9.17, 15) is 19.2 Å². The Hall–Kier alpha value is -0.317. The second kappa shape index (κ2) is 14.3. The van der Waals surface area contributed by atoms with Crippen LogP contribution in [0.15, 0.2) is 0 Å². The largest absolute Gasteiger partial charge is 2.00 e. The van der Waals surface area contributed by atoms with Gasteiger partial charge in [-0.2, -0.15) is 0 Å². The van der Waals surface area contributed by atoms with Gasteiger partial charge in [0, 0.05) is 13.1 Å². The van der Waals surface area contributed by atoms with Crippen molar-refractivity contribution in [3.63, 3.8) is 0 Å². The van der Waals surface area contributed by atoms with Crippen LogP contribution in [0.5, 0.6) is 0 Å². The van der Waals surface area contributed by atoms with Crippen molar-refractivity contribution in [2.24, 2.45) is 0 Å². The van der Waals surface area contributed by atoms with E-state index in [1.807, 2.05) is 0 Å². The molecule has 0 fully saturated rings. The second-order valence-electron chi connectivity index (χ2n) is 4.00. The minimum Gasteiger partial charge on any atom is -0.480 e. The fourth-order valence-electron chi connectivity index (χ4n) is 1.48. The number of carbonyl (C=O) groups is 4. The van der Waals surface area contributed by atoms with Crippen LogP contribution in [0.1, 0.15) is 0 Å². The van der Waals surface area contributed by atoms with Crippen LogP contribution >= 0.6 is 0 Å². The predicted octanol–water partition coefficient (Wildman–Crippen LogP) is -2.45. The molecule has 0 atom stereocenters. The van der Waals surface area contributed by atoms with Gasteiger partial charge in [-0.05, 0) is 0 Å². The van der Waals surface area contributed by atoms with E-state index in [2.05, 4.69) is 0 Å². The summed E-state index contributed by atoms with van der Waals surface area (Å²) in [5.41, 5.74) is 0. The Kier molecular flexibility index (Phi) is 17.3. The van der Waals surface area contributed by atoms with Crippen molar-refractivity contribution in [3.05, 3.63) is 0 Å². The average Bonchev–Trinajstić information content (AvgIpc) is 2.22. The van der Waals surface area contributed by atoms with Gasteiger partial charge in [0.1, 0.15) is 0 Å². The van der Waals surface area contributed by atoms with Gasteiger partial charge in [-0.25, -0.2) is 0 Å². The van der Waals surface area contributed by atoms with Crippen LogP contribution < -0.4 is 0 Å². The molecule has 12 heteroatoms. The molecule has 0 rings (SSSR count). The molecule has 10 nitrogen and oxygen atoms in total. The van der Waals surface area contributed by atoms with Crippen molar-refractivity contribution in [2.45, 2.75) is 0 Å². The fourth-order valence-corrected chi connectivity index (χ4v) is 1.48. The van der Waals surface area contributed by atoms with E-state index < -0.39 is 50.1 Å². The smallest absolute Gasteiger partial charge is 0.480 e.